The number of hydrogen-bond donors (Lipinski definition) is 1. The van der Waals surface area contributed by atoms with E-state index in [-0.39, 0.29) is 17.4 Å². The van der Waals surface area contributed by atoms with E-state index in [1.54, 1.807) is 43.5 Å². The number of anilines is 1. The number of aryl methyl sites for hydroxylation is 1. The van der Waals surface area contributed by atoms with Crippen LogP contribution in [0.4, 0.5) is 5.13 Å². The summed E-state index contributed by atoms with van der Waals surface area (Å²) in [5.41, 5.74) is 3.92. The Morgan fingerprint density at radius 2 is 1.89 bits per heavy atom. The molecule has 8 heteroatoms. The summed E-state index contributed by atoms with van der Waals surface area (Å²) in [4.78, 5) is 33.0. The molecule has 1 N–H and O–H groups in total. The van der Waals surface area contributed by atoms with Crippen LogP contribution in [0.3, 0.4) is 0 Å². The van der Waals surface area contributed by atoms with Crippen LogP contribution in [0.2, 0.25) is 0 Å². The number of rotatable bonds is 4. The highest BCUT2D eigenvalue weighted by Crippen LogP contribution is 2.45. The zero-order valence-corrected chi connectivity index (χ0v) is 21.3. The number of ether oxygens (including phenoxy) is 2. The number of aromatic nitrogens is 1. The van der Waals surface area contributed by atoms with Crippen LogP contribution in [-0.2, 0) is 16.0 Å². The Hall–Kier alpha value is -4.17. The minimum atomic E-state index is -0.851. The second-order valence-corrected chi connectivity index (χ2v) is 10.4. The Balaban J connectivity index is 1.53. The molecule has 6 rings (SSSR count). The van der Waals surface area contributed by atoms with Crippen LogP contribution in [0.15, 0.2) is 66.2 Å². The van der Waals surface area contributed by atoms with E-state index in [0.29, 0.717) is 28.4 Å². The number of ketones is 1. The van der Waals surface area contributed by atoms with Gasteiger partial charge in [-0.1, -0.05) is 29.5 Å². The molecular formula is C29H24N2O5S. The third-order valence-corrected chi connectivity index (χ3v) is 7.80. The number of carbonyl (C=O) groups is 2. The van der Waals surface area contributed by atoms with Crippen molar-refractivity contribution in [1.29, 1.82) is 0 Å². The van der Waals surface area contributed by atoms with Crippen LogP contribution >= 0.6 is 11.3 Å². The molecule has 0 unspecified atom stereocenters. The zero-order chi connectivity index (χ0) is 25.8. The lowest BCUT2D eigenvalue weighted by molar-refractivity contribution is -0.132. The fourth-order valence-electron chi connectivity index (χ4n) is 4.98. The van der Waals surface area contributed by atoms with Gasteiger partial charge >= 0.3 is 5.91 Å². The molecule has 2 aliphatic heterocycles. The number of carbonyl (C=O) groups excluding carboxylic acids is 2. The molecule has 4 aromatic rings. The van der Waals surface area contributed by atoms with Crippen LogP contribution in [0.1, 0.15) is 35.2 Å². The number of aliphatic hydroxyl groups excluding tert-OH is 1. The molecule has 2 aliphatic rings. The third kappa shape index (κ3) is 3.84. The van der Waals surface area contributed by atoms with Crippen molar-refractivity contribution in [3.63, 3.8) is 0 Å². The number of nitrogens with zero attached hydrogens (tertiary/aromatic N) is 2. The maximum Gasteiger partial charge on any atom is 0.301 e. The summed E-state index contributed by atoms with van der Waals surface area (Å²) in [6.45, 7) is 3.97. The van der Waals surface area contributed by atoms with Crippen LogP contribution in [0.25, 0.3) is 16.0 Å². The third-order valence-electron chi connectivity index (χ3n) is 6.78. The van der Waals surface area contributed by atoms with Gasteiger partial charge in [0.1, 0.15) is 23.4 Å². The van der Waals surface area contributed by atoms with Gasteiger partial charge < -0.3 is 14.6 Å². The fourth-order valence-corrected chi connectivity index (χ4v) is 6.07. The lowest BCUT2D eigenvalue weighted by atomic mass is 9.94. The first-order chi connectivity index (χ1) is 17.8. The lowest BCUT2D eigenvalue weighted by Gasteiger charge is -2.23. The predicted octanol–water partition coefficient (Wildman–Crippen LogP) is 5.56. The van der Waals surface area contributed by atoms with E-state index in [4.69, 9.17) is 9.47 Å². The molecule has 37 heavy (non-hydrogen) atoms. The van der Waals surface area contributed by atoms with Gasteiger partial charge in [0.2, 0.25) is 0 Å². The van der Waals surface area contributed by atoms with E-state index in [1.165, 1.54) is 16.2 Å². The van der Waals surface area contributed by atoms with Crippen LogP contribution in [0, 0.1) is 6.92 Å². The van der Waals surface area contributed by atoms with E-state index in [0.717, 1.165) is 27.1 Å². The molecule has 0 saturated carbocycles. The molecule has 186 valence electrons. The smallest absolute Gasteiger partial charge is 0.301 e. The van der Waals surface area contributed by atoms with E-state index in [1.807, 2.05) is 38.1 Å². The minimum absolute atomic E-state index is 0.0255. The highest BCUT2D eigenvalue weighted by molar-refractivity contribution is 7.22. The predicted molar refractivity (Wildman–Crippen MR) is 142 cm³/mol. The first kappa shape index (κ1) is 23.2. The number of benzene rings is 3. The standard InChI is InChI=1S/C29H24N2O5S/c1-15-4-10-21-23(12-15)37-29(30-21)31-25(17-5-8-20(35-3)9-6-17)24(27(33)28(31)34)26(32)18-7-11-22-19(14-18)13-16(2)36-22/h4-12,14,16,25,32H,13H2,1-3H3/t16-,25+/m0/s1. The number of methoxy groups -OCH3 is 1. The topological polar surface area (TPSA) is 89.0 Å². The average Bonchev–Trinajstić information content (AvgIpc) is 3.55. The van der Waals surface area contributed by atoms with Crippen molar-refractivity contribution in [2.24, 2.45) is 0 Å². The van der Waals surface area contributed by atoms with Gasteiger partial charge in [-0.25, -0.2) is 4.98 Å². The molecule has 0 bridgehead atoms. The van der Waals surface area contributed by atoms with Crippen molar-refractivity contribution >= 4 is 44.1 Å². The summed E-state index contributed by atoms with van der Waals surface area (Å²) >= 11 is 1.34. The number of Topliss-reactive ketones (excluding diaryl/α,β-unsaturated/α-hetero) is 1. The van der Waals surface area contributed by atoms with Gasteiger partial charge in [-0.2, -0.15) is 0 Å². The highest BCUT2D eigenvalue weighted by Gasteiger charge is 2.48. The maximum absolute atomic E-state index is 13.5. The Bertz CT molecular complexity index is 1600. The Labute approximate surface area is 217 Å². The maximum atomic E-state index is 13.5. The number of thiazole rings is 1. The molecular weight excluding hydrogens is 488 g/mol. The second-order valence-electron chi connectivity index (χ2n) is 9.36. The van der Waals surface area contributed by atoms with Gasteiger partial charge in [-0.05, 0) is 73.0 Å². The number of fused-ring (bicyclic) bond motifs is 2. The minimum Gasteiger partial charge on any atom is -0.507 e. The molecule has 0 spiro atoms. The Morgan fingerprint density at radius 1 is 1.11 bits per heavy atom. The van der Waals surface area contributed by atoms with Gasteiger partial charge in [-0.15, -0.1) is 0 Å². The summed E-state index contributed by atoms with van der Waals surface area (Å²) in [6.07, 6.45) is 0.748. The van der Waals surface area contributed by atoms with Crippen molar-refractivity contribution in [2.75, 3.05) is 12.0 Å². The van der Waals surface area contributed by atoms with Crippen molar-refractivity contribution in [1.82, 2.24) is 4.98 Å². The highest BCUT2D eigenvalue weighted by atomic mass is 32.1. The number of amides is 1. The van der Waals surface area contributed by atoms with Crippen LogP contribution < -0.4 is 14.4 Å². The van der Waals surface area contributed by atoms with E-state index < -0.39 is 17.7 Å². The molecule has 7 nitrogen and oxygen atoms in total. The summed E-state index contributed by atoms with van der Waals surface area (Å²) in [7, 11) is 1.57. The largest absolute Gasteiger partial charge is 0.507 e. The second kappa shape index (κ2) is 8.74. The molecule has 3 heterocycles. The molecule has 1 fully saturated rings. The van der Waals surface area contributed by atoms with Gasteiger partial charge in [0.25, 0.3) is 5.78 Å². The normalized spacial score (nSPS) is 20.4. The first-order valence-corrected chi connectivity index (χ1v) is 12.8. The molecule has 0 radical (unpaired) electrons. The first-order valence-electron chi connectivity index (χ1n) is 12.0. The van der Waals surface area contributed by atoms with Crippen molar-refractivity contribution in [3.05, 3.63) is 88.5 Å². The van der Waals surface area contributed by atoms with Crippen molar-refractivity contribution < 1.29 is 24.2 Å². The van der Waals surface area contributed by atoms with Crippen molar-refractivity contribution in [2.45, 2.75) is 32.4 Å². The monoisotopic (exact) mass is 512 g/mol. The summed E-state index contributed by atoms with van der Waals surface area (Å²) in [6, 6.07) is 17.5. The Kier molecular flexibility index (Phi) is 5.49. The quantitative estimate of drug-likeness (QED) is 0.219. The van der Waals surface area contributed by atoms with Gasteiger partial charge in [-0.3, -0.25) is 14.5 Å². The van der Waals surface area contributed by atoms with Crippen molar-refractivity contribution in [3.8, 4) is 11.5 Å². The fraction of sp³-hybridized carbons (Fsp3) is 0.207. The summed E-state index contributed by atoms with van der Waals surface area (Å²) < 4.78 is 12.0. The molecule has 1 amide bonds. The van der Waals surface area contributed by atoms with E-state index in [2.05, 4.69) is 4.98 Å². The van der Waals surface area contributed by atoms with Gasteiger partial charge in [0.15, 0.2) is 5.13 Å². The molecule has 2 atom stereocenters. The number of aliphatic hydroxyl groups is 1. The van der Waals surface area contributed by atoms with E-state index >= 15 is 0 Å². The zero-order valence-electron chi connectivity index (χ0n) is 20.5. The lowest BCUT2D eigenvalue weighted by Crippen LogP contribution is -2.29. The summed E-state index contributed by atoms with van der Waals surface area (Å²) in [5.74, 6) is -0.291. The average molecular weight is 513 g/mol. The van der Waals surface area contributed by atoms with Crippen LogP contribution in [0.5, 0.6) is 11.5 Å². The Morgan fingerprint density at radius 3 is 2.65 bits per heavy atom. The van der Waals surface area contributed by atoms with E-state index in [9.17, 15) is 14.7 Å². The molecule has 3 aromatic carbocycles. The number of hydrogen-bond acceptors (Lipinski definition) is 7. The molecule has 0 aliphatic carbocycles. The molecule has 1 aromatic heterocycles. The van der Waals surface area contributed by atoms with Crippen LogP contribution in [-0.4, -0.2) is 35.0 Å². The van der Waals surface area contributed by atoms with Gasteiger partial charge in [0.05, 0.1) is 28.9 Å². The SMILES string of the molecule is COc1ccc([C@@H]2C(=C(O)c3ccc4c(c3)C[C@H](C)O4)C(=O)C(=O)N2c2nc3ccc(C)cc3s2)cc1. The molecule has 1 saturated heterocycles. The van der Waals surface area contributed by atoms with Gasteiger partial charge in [0, 0.05) is 12.0 Å². The summed E-state index contributed by atoms with van der Waals surface area (Å²) in [5, 5.41) is 11.9.